The summed E-state index contributed by atoms with van der Waals surface area (Å²) in [6.45, 7) is 3.66. The Morgan fingerprint density at radius 2 is 1.86 bits per heavy atom. The van der Waals surface area contributed by atoms with Gasteiger partial charge in [0.05, 0.1) is 17.7 Å². The summed E-state index contributed by atoms with van der Waals surface area (Å²) >= 11 is 0. The number of carbonyl (C=O) groups is 2. The minimum Gasteiger partial charge on any atom is -0.369 e. The number of hydrogen-bond acceptors (Lipinski definition) is 3. The van der Waals surface area contributed by atoms with Gasteiger partial charge in [-0.1, -0.05) is 12.1 Å². The molecule has 110 valence electrons. The number of hydrogen-bond donors (Lipinski definition) is 2. The van der Waals surface area contributed by atoms with Crippen molar-refractivity contribution in [1.29, 1.82) is 0 Å². The molecule has 0 radical (unpaired) electrons. The molecule has 0 aliphatic rings. The number of nitrogens with zero attached hydrogens (tertiary/aromatic N) is 2. The van der Waals surface area contributed by atoms with Gasteiger partial charge in [-0.15, -0.1) is 0 Å². The van der Waals surface area contributed by atoms with Gasteiger partial charge in [0.25, 0.3) is 5.91 Å². The SMILES string of the molecule is Cc1nn(C)c(C)c1C(=O)Nc1ccc(CC(N)=O)cc1. The molecule has 0 saturated heterocycles. The van der Waals surface area contributed by atoms with Crippen LogP contribution >= 0.6 is 0 Å². The summed E-state index contributed by atoms with van der Waals surface area (Å²) in [7, 11) is 1.80. The number of carbonyl (C=O) groups excluding carboxylic acids is 2. The van der Waals surface area contributed by atoms with Crippen LogP contribution in [0.1, 0.15) is 27.3 Å². The number of nitrogens with one attached hydrogen (secondary N) is 1. The minimum absolute atomic E-state index is 0.190. The van der Waals surface area contributed by atoms with E-state index in [1.807, 2.05) is 6.92 Å². The second kappa shape index (κ2) is 5.78. The zero-order chi connectivity index (χ0) is 15.6. The zero-order valence-corrected chi connectivity index (χ0v) is 12.3. The third-order valence-corrected chi connectivity index (χ3v) is 3.33. The van der Waals surface area contributed by atoms with Crippen molar-refractivity contribution in [3.63, 3.8) is 0 Å². The average molecular weight is 286 g/mol. The number of amides is 2. The van der Waals surface area contributed by atoms with Crippen molar-refractivity contribution in [3.8, 4) is 0 Å². The Balaban J connectivity index is 2.14. The number of benzene rings is 1. The van der Waals surface area contributed by atoms with Crippen LogP contribution in [0.15, 0.2) is 24.3 Å². The molecule has 0 unspecified atom stereocenters. The minimum atomic E-state index is -0.381. The first kappa shape index (κ1) is 14.8. The molecular weight excluding hydrogens is 268 g/mol. The van der Waals surface area contributed by atoms with Crippen LogP contribution in [0.25, 0.3) is 0 Å². The summed E-state index contributed by atoms with van der Waals surface area (Å²) < 4.78 is 1.68. The van der Waals surface area contributed by atoms with E-state index in [1.165, 1.54) is 0 Å². The van der Waals surface area contributed by atoms with Crippen LogP contribution in [0.3, 0.4) is 0 Å². The highest BCUT2D eigenvalue weighted by Gasteiger charge is 2.17. The van der Waals surface area contributed by atoms with Crippen molar-refractivity contribution in [2.24, 2.45) is 12.8 Å². The lowest BCUT2D eigenvalue weighted by molar-refractivity contribution is -0.117. The van der Waals surface area contributed by atoms with E-state index >= 15 is 0 Å². The summed E-state index contributed by atoms with van der Waals surface area (Å²) in [5, 5.41) is 7.05. The van der Waals surface area contributed by atoms with Gasteiger partial charge >= 0.3 is 0 Å². The molecule has 1 heterocycles. The molecule has 0 saturated carbocycles. The highest BCUT2D eigenvalue weighted by Crippen LogP contribution is 2.16. The van der Waals surface area contributed by atoms with Crippen molar-refractivity contribution in [2.45, 2.75) is 20.3 Å². The maximum Gasteiger partial charge on any atom is 0.259 e. The number of anilines is 1. The molecule has 0 fully saturated rings. The Kier molecular flexibility index (Phi) is 4.07. The smallest absolute Gasteiger partial charge is 0.259 e. The molecule has 3 N–H and O–H groups in total. The molecule has 6 heteroatoms. The van der Waals surface area contributed by atoms with Crippen molar-refractivity contribution >= 4 is 17.5 Å². The molecule has 2 amide bonds. The number of aryl methyl sites for hydroxylation is 2. The predicted octanol–water partition coefficient (Wildman–Crippen LogP) is 1.32. The lowest BCUT2D eigenvalue weighted by Gasteiger charge is -2.06. The first-order chi connectivity index (χ1) is 9.88. The van der Waals surface area contributed by atoms with Crippen LogP contribution in [0.5, 0.6) is 0 Å². The van der Waals surface area contributed by atoms with Gasteiger partial charge in [-0.2, -0.15) is 5.10 Å². The third kappa shape index (κ3) is 3.28. The van der Waals surface area contributed by atoms with Crippen LogP contribution < -0.4 is 11.1 Å². The van der Waals surface area contributed by atoms with Crippen LogP contribution in [0.4, 0.5) is 5.69 Å². The molecule has 2 rings (SSSR count). The Labute approximate surface area is 122 Å². The van der Waals surface area contributed by atoms with Crippen molar-refractivity contribution < 1.29 is 9.59 Å². The second-order valence-corrected chi connectivity index (χ2v) is 4.96. The zero-order valence-electron chi connectivity index (χ0n) is 12.3. The van der Waals surface area contributed by atoms with Crippen LogP contribution in [-0.4, -0.2) is 21.6 Å². The molecule has 0 atom stereocenters. The molecule has 0 spiro atoms. The largest absolute Gasteiger partial charge is 0.369 e. The quantitative estimate of drug-likeness (QED) is 0.888. The van der Waals surface area contributed by atoms with E-state index in [2.05, 4.69) is 10.4 Å². The van der Waals surface area contributed by atoms with Crippen LogP contribution in [-0.2, 0) is 18.3 Å². The van der Waals surface area contributed by atoms with E-state index in [0.717, 1.165) is 11.3 Å². The fourth-order valence-corrected chi connectivity index (χ4v) is 2.20. The van der Waals surface area contributed by atoms with E-state index in [4.69, 9.17) is 5.73 Å². The van der Waals surface area contributed by atoms with E-state index in [9.17, 15) is 9.59 Å². The standard InChI is InChI=1S/C15H18N4O2/c1-9-14(10(2)19(3)18-9)15(21)17-12-6-4-11(5-7-12)8-13(16)20/h4-7H,8H2,1-3H3,(H2,16,20)(H,17,21). The Morgan fingerprint density at radius 1 is 1.24 bits per heavy atom. The fraction of sp³-hybridized carbons (Fsp3) is 0.267. The Morgan fingerprint density at radius 3 is 2.33 bits per heavy atom. The molecule has 1 aromatic carbocycles. The third-order valence-electron chi connectivity index (χ3n) is 3.33. The fourth-order valence-electron chi connectivity index (χ4n) is 2.20. The van der Waals surface area contributed by atoms with E-state index in [0.29, 0.717) is 16.9 Å². The second-order valence-electron chi connectivity index (χ2n) is 4.96. The molecule has 0 aliphatic heterocycles. The van der Waals surface area contributed by atoms with E-state index in [1.54, 1.807) is 42.9 Å². The molecule has 2 aromatic rings. The summed E-state index contributed by atoms with van der Waals surface area (Å²) in [4.78, 5) is 23.1. The van der Waals surface area contributed by atoms with Gasteiger partial charge < -0.3 is 11.1 Å². The van der Waals surface area contributed by atoms with Crippen LogP contribution in [0, 0.1) is 13.8 Å². The van der Waals surface area contributed by atoms with Gasteiger partial charge in [0, 0.05) is 18.4 Å². The highest BCUT2D eigenvalue weighted by molar-refractivity contribution is 6.05. The Bertz CT molecular complexity index is 686. The topological polar surface area (TPSA) is 90.0 Å². The summed E-state index contributed by atoms with van der Waals surface area (Å²) in [6, 6.07) is 7.03. The van der Waals surface area contributed by atoms with E-state index in [-0.39, 0.29) is 18.2 Å². The van der Waals surface area contributed by atoms with Gasteiger partial charge in [0.2, 0.25) is 5.91 Å². The normalized spacial score (nSPS) is 10.4. The van der Waals surface area contributed by atoms with E-state index < -0.39 is 0 Å². The van der Waals surface area contributed by atoms with Gasteiger partial charge in [-0.05, 0) is 31.5 Å². The average Bonchev–Trinajstić information content (AvgIpc) is 2.65. The van der Waals surface area contributed by atoms with Crippen molar-refractivity contribution in [3.05, 3.63) is 46.8 Å². The first-order valence-electron chi connectivity index (χ1n) is 6.57. The van der Waals surface area contributed by atoms with Gasteiger partial charge in [0.1, 0.15) is 0 Å². The summed E-state index contributed by atoms with van der Waals surface area (Å²) in [5.41, 5.74) is 8.70. The number of rotatable bonds is 4. The highest BCUT2D eigenvalue weighted by atomic mass is 16.2. The maximum absolute atomic E-state index is 12.3. The molecule has 0 bridgehead atoms. The predicted molar refractivity (Wildman–Crippen MR) is 80.0 cm³/mol. The Hall–Kier alpha value is -2.63. The molecular formula is C15H18N4O2. The number of nitrogens with two attached hydrogens (primary N) is 1. The van der Waals surface area contributed by atoms with Gasteiger partial charge in [0.15, 0.2) is 0 Å². The molecule has 21 heavy (non-hydrogen) atoms. The van der Waals surface area contributed by atoms with Gasteiger partial charge in [-0.3, -0.25) is 14.3 Å². The van der Waals surface area contributed by atoms with Crippen LogP contribution in [0.2, 0.25) is 0 Å². The van der Waals surface area contributed by atoms with Crippen molar-refractivity contribution in [1.82, 2.24) is 9.78 Å². The first-order valence-corrected chi connectivity index (χ1v) is 6.57. The van der Waals surface area contributed by atoms with Gasteiger partial charge in [-0.25, -0.2) is 0 Å². The summed E-state index contributed by atoms with van der Waals surface area (Å²) in [6.07, 6.45) is 0.190. The maximum atomic E-state index is 12.3. The lowest BCUT2D eigenvalue weighted by Crippen LogP contribution is -2.15. The summed E-state index contributed by atoms with van der Waals surface area (Å²) in [5.74, 6) is -0.575. The lowest BCUT2D eigenvalue weighted by atomic mass is 10.1. The number of primary amides is 1. The monoisotopic (exact) mass is 286 g/mol. The molecule has 1 aromatic heterocycles. The molecule has 6 nitrogen and oxygen atoms in total. The van der Waals surface area contributed by atoms with Crippen molar-refractivity contribution in [2.75, 3.05) is 5.32 Å². The number of aromatic nitrogens is 2. The molecule has 0 aliphatic carbocycles.